The molecule has 2 aromatic heterocycles. The first-order valence-corrected chi connectivity index (χ1v) is 16.2. The largest absolute Gasteiger partial charge is 0.503 e. The van der Waals surface area contributed by atoms with Crippen LogP contribution in [0, 0.1) is 0 Å². The third kappa shape index (κ3) is 6.69. The SMILES string of the molecule is CC(C)(ON=C(C(=O)N[C@@H]1C(=O)N2C(C(=O)O)=C(C[N+]3(C)CCN(C(=O)c4cc(=O)c(O)c[nH]4)CC3)CS[C@@H]12)c1nsc(N)n1)C(=O)O. The van der Waals surface area contributed by atoms with Gasteiger partial charge in [0, 0.05) is 35.1 Å². The third-order valence-corrected chi connectivity index (χ3v) is 9.97. The van der Waals surface area contributed by atoms with Gasteiger partial charge in [0.25, 0.3) is 17.7 Å². The molecule has 0 unspecified atom stereocenters. The van der Waals surface area contributed by atoms with Gasteiger partial charge in [0.05, 0.1) is 33.2 Å². The number of carbonyl (C=O) groups is 5. The van der Waals surface area contributed by atoms with Gasteiger partial charge in [-0.15, -0.1) is 11.8 Å². The fraction of sp³-hybridized carbons (Fsp3) is 0.444. The Labute approximate surface area is 279 Å². The lowest BCUT2D eigenvalue weighted by Crippen LogP contribution is -2.71. The number of aromatic amines is 1. The van der Waals surface area contributed by atoms with Gasteiger partial charge in [0.1, 0.15) is 29.4 Å². The van der Waals surface area contributed by atoms with Gasteiger partial charge in [0.15, 0.2) is 10.9 Å². The molecule has 0 spiro atoms. The van der Waals surface area contributed by atoms with Crippen molar-refractivity contribution >= 4 is 63.8 Å². The minimum atomic E-state index is -1.82. The molecule has 2 saturated heterocycles. The predicted molar refractivity (Wildman–Crippen MR) is 169 cm³/mol. The molecule has 19 nitrogen and oxygen atoms in total. The average molecular weight is 707 g/mol. The quantitative estimate of drug-likeness (QED) is 0.0706. The number of amides is 3. The number of H-pyrrole nitrogens is 1. The molecule has 256 valence electrons. The van der Waals surface area contributed by atoms with Crippen molar-refractivity contribution in [2.45, 2.75) is 30.9 Å². The van der Waals surface area contributed by atoms with Crippen molar-refractivity contribution in [3.8, 4) is 5.75 Å². The number of quaternary nitrogens is 1. The van der Waals surface area contributed by atoms with Gasteiger partial charge in [0.2, 0.25) is 22.6 Å². The lowest BCUT2D eigenvalue weighted by Gasteiger charge is -2.50. The van der Waals surface area contributed by atoms with Gasteiger partial charge in [-0.05, 0) is 13.8 Å². The van der Waals surface area contributed by atoms with E-state index in [1.807, 2.05) is 7.05 Å². The Morgan fingerprint density at radius 3 is 2.50 bits per heavy atom. The molecule has 3 amide bonds. The molecular formula is C27H32N9O10S2+. The average Bonchev–Trinajstić information content (AvgIpc) is 3.46. The summed E-state index contributed by atoms with van der Waals surface area (Å²) in [6, 6.07) is -0.106. The zero-order valence-electron chi connectivity index (χ0n) is 25.8. The summed E-state index contributed by atoms with van der Waals surface area (Å²) in [6.07, 6.45) is 1.05. The monoisotopic (exact) mass is 706 g/mol. The smallest absolute Gasteiger partial charge is 0.352 e. The van der Waals surface area contributed by atoms with Gasteiger partial charge in [-0.3, -0.25) is 24.1 Å². The number of aromatic hydroxyl groups is 1. The number of hydrogen-bond donors (Lipinski definition) is 6. The van der Waals surface area contributed by atoms with Crippen LogP contribution in [0.25, 0.3) is 0 Å². The van der Waals surface area contributed by atoms with Crippen LogP contribution in [0.1, 0.15) is 30.2 Å². The van der Waals surface area contributed by atoms with Crippen molar-refractivity contribution < 1.29 is 48.6 Å². The topological polar surface area (TPSA) is 271 Å². The highest BCUT2D eigenvalue weighted by atomic mass is 32.2. The molecule has 0 aromatic carbocycles. The molecule has 0 aliphatic carbocycles. The second-order valence-electron chi connectivity index (χ2n) is 12.0. The summed E-state index contributed by atoms with van der Waals surface area (Å²) < 4.78 is 4.31. The Kier molecular flexibility index (Phi) is 9.21. The molecule has 48 heavy (non-hydrogen) atoms. The number of anilines is 1. The van der Waals surface area contributed by atoms with Crippen LogP contribution >= 0.6 is 23.3 Å². The van der Waals surface area contributed by atoms with E-state index in [0.717, 1.165) is 28.7 Å². The number of fused-ring (bicyclic) bond motifs is 1. The van der Waals surface area contributed by atoms with Crippen LogP contribution in [0.4, 0.5) is 5.13 Å². The Hall–Kier alpha value is -5.02. The number of rotatable bonds is 10. The summed E-state index contributed by atoms with van der Waals surface area (Å²) in [5, 5.41) is 34.4. The van der Waals surface area contributed by atoms with Crippen LogP contribution in [0.5, 0.6) is 5.75 Å². The molecule has 0 saturated carbocycles. The van der Waals surface area contributed by atoms with E-state index in [1.54, 1.807) is 4.90 Å². The first-order valence-electron chi connectivity index (χ1n) is 14.4. The number of nitrogens with one attached hydrogen (secondary N) is 2. The van der Waals surface area contributed by atoms with E-state index >= 15 is 0 Å². The van der Waals surface area contributed by atoms with Crippen molar-refractivity contribution in [1.29, 1.82) is 0 Å². The van der Waals surface area contributed by atoms with Crippen LogP contribution in [0.15, 0.2) is 33.5 Å². The standard InChI is InChI=1S/C27H31N9O10S2/c1-27(2,25(44)45)46-32-16(19-31-26(28)48-33-19)20(39)30-17-22(41)35-18(24(42)43)12(11-47-23(17)35)10-36(3)6-4-34(5-7-36)21(40)13-8-14(37)15(38)9-29-13/h8-9,17,23H,4-7,10-11H2,1-3H3,(H6-,28,29,30,31,32,33,37,38,39,40,42,43,44,45)/p+1/t17-,23+/m1/s1. The number of β-lactam (4-membered cyclic amide) rings is 1. The van der Waals surface area contributed by atoms with E-state index in [4.69, 9.17) is 10.6 Å². The number of hydrogen-bond acceptors (Lipinski definition) is 14. The molecule has 7 N–H and O–H groups in total. The molecule has 0 radical (unpaired) electrons. The van der Waals surface area contributed by atoms with E-state index in [-0.39, 0.29) is 34.6 Å². The molecule has 2 atom stereocenters. The number of carbonyl (C=O) groups excluding carboxylic acids is 3. The fourth-order valence-corrected chi connectivity index (χ4v) is 7.03. The van der Waals surface area contributed by atoms with Gasteiger partial charge in [-0.1, -0.05) is 5.16 Å². The van der Waals surface area contributed by atoms with Crippen molar-refractivity contribution in [2.75, 3.05) is 51.3 Å². The highest BCUT2D eigenvalue weighted by Gasteiger charge is 2.55. The molecule has 5 heterocycles. The van der Waals surface area contributed by atoms with Crippen LogP contribution in [0.2, 0.25) is 0 Å². The number of pyridine rings is 1. The van der Waals surface area contributed by atoms with Crippen molar-refractivity contribution in [1.82, 2.24) is 29.5 Å². The Balaban J connectivity index is 1.28. The number of thioether (sulfide) groups is 1. The number of piperazine rings is 1. The first-order chi connectivity index (χ1) is 22.5. The zero-order chi connectivity index (χ0) is 35.1. The van der Waals surface area contributed by atoms with E-state index in [2.05, 4.69) is 24.8 Å². The summed E-state index contributed by atoms with van der Waals surface area (Å²) >= 11 is 2.02. The summed E-state index contributed by atoms with van der Waals surface area (Å²) in [7, 11) is 1.92. The van der Waals surface area contributed by atoms with E-state index < -0.39 is 63.6 Å². The molecule has 2 aromatic rings. The molecule has 5 rings (SSSR count). The minimum Gasteiger partial charge on any atom is -0.503 e. The number of likely N-dealkylation sites (N-methyl/N-ethyl adjacent to an activating group) is 1. The number of carboxylic acids is 2. The van der Waals surface area contributed by atoms with Gasteiger partial charge < -0.3 is 45.6 Å². The van der Waals surface area contributed by atoms with Gasteiger partial charge in [-0.2, -0.15) is 9.36 Å². The molecule has 2 fully saturated rings. The second-order valence-corrected chi connectivity index (χ2v) is 13.9. The van der Waals surface area contributed by atoms with E-state index in [9.17, 15) is 44.1 Å². The maximum absolute atomic E-state index is 13.3. The number of nitrogens with two attached hydrogens (primary N) is 1. The second kappa shape index (κ2) is 12.9. The number of oxime groups is 1. The number of aromatic nitrogens is 3. The molecule has 0 bridgehead atoms. The Morgan fingerprint density at radius 2 is 1.92 bits per heavy atom. The van der Waals surface area contributed by atoms with E-state index in [1.165, 1.54) is 25.6 Å². The summed E-state index contributed by atoms with van der Waals surface area (Å²) in [5.41, 5.74) is 3.00. The molecule has 21 heteroatoms. The Morgan fingerprint density at radius 1 is 1.23 bits per heavy atom. The number of carboxylic acid groups (broad SMARTS) is 2. The lowest BCUT2D eigenvalue weighted by molar-refractivity contribution is -0.908. The molecular weight excluding hydrogens is 674 g/mol. The normalized spacial score (nSPS) is 20.9. The fourth-order valence-electron chi connectivity index (χ4n) is 5.26. The maximum atomic E-state index is 13.3. The zero-order valence-corrected chi connectivity index (χ0v) is 27.5. The van der Waals surface area contributed by atoms with Crippen molar-refractivity contribution in [2.24, 2.45) is 5.16 Å². The summed E-state index contributed by atoms with van der Waals surface area (Å²) in [5.74, 6) is -5.20. The van der Waals surface area contributed by atoms with Crippen molar-refractivity contribution in [3.05, 3.63) is 45.3 Å². The maximum Gasteiger partial charge on any atom is 0.352 e. The summed E-state index contributed by atoms with van der Waals surface area (Å²) in [6.45, 7) is 4.26. The number of nitrogens with zero attached hydrogens (tertiary/aromatic N) is 6. The third-order valence-electron chi connectivity index (χ3n) is 8.09. The van der Waals surface area contributed by atoms with Crippen molar-refractivity contribution in [3.63, 3.8) is 0 Å². The van der Waals surface area contributed by atoms with E-state index in [0.29, 0.717) is 36.2 Å². The molecule has 3 aliphatic rings. The highest BCUT2D eigenvalue weighted by Crippen LogP contribution is 2.41. The predicted octanol–water partition coefficient (Wildman–Crippen LogP) is -1.56. The van der Waals surface area contributed by atoms with Crippen LogP contribution in [-0.2, 0) is 24.0 Å². The lowest BCUT2D eigenvalue weighted by atomic mass is 10.0. The molecule has 3 aliphatic heterocycles. The van der Waals surface area contributed by atoms with Crippen LogP contribution < -0.4 is 16.5 Å². The first kappa shape index (κ1) is 34.3. The highest BCUT2D eigenvalue weighted by molar-refractivity contribution is 8.00. The summed E-state index contributed by atoms with van der Waals surface area (Å²) in [4.78, 5) is 89.6. The minimum absolute atomic E-state index is 0.00134. The van der Waals surface area contributed by atoms with Gasteiger partial charge >= 0.3 is 11.9 Å². The van der Waals surface area contributed by atoms with Gasteiger partial charge in [-0.25, -0.2) is 9.59 Å². The van der Waals surface area contributed by atoms with Crippen LogP contribution in [-0.4, -0.2) is 142 Å². The number of nitrogen functional groups attached to an aromatic ring is 1. The Bertz CT molecular complexity index is 1810. The van der Waals surface area contributed by atoms with Crippen LogP contribution in [0.3, 0.4) is 0 Å². The number of aliphatic carboxylic acids is 2.